The number of rotatable bonds is 1. The maximum atomic E-state index is 13.2. The number of ketones is 1. The zero-order valence-electron chi connectivity index (χ0n) is 14.9. The Balaban J connectivity index is 1.60. The molecule has 5 rings (SSSR count). The zero-order valence-corrected chi connectivity index (χ0v) is 14.9. The molecule has 0 N–H and O–H groups in total. The summed E-state index contributed by atoms with van der Waals surface area (Å²) in [4.78, 5) is 26.3. The Morgan fingerprint density at radius 3 is 2.72 bits per heavy atom. The summed E-state index contributed by atoms with van der Waals surface area (Å²) in [5, 5.41) is 0. The molecule has 2 saturated carbocycles. The largest absolute Gasteiger partial charge is 0.472 e. The van der Waals surface area contributed by atoms with Gasteiger partial charge in [-0.1, -0.05) is 6.92 Å². The fourth-order valence-corrected chi connectivity index (χ4v) is 6.27. The minimum atomic E-state index is -0.607. The first kappa shape index (κ1) is 15.6. The molecule has 1 spiro atoms. The number of carbonyl (C=O) groups excluding carboxylic acids is 2. The van der Waals surface area contributed by atoms with Crippen molar-refractivity contribution in [2.24, 2.45) is 22.7 Å². The lowest BCUT2D eigenvalue weighted by molar-refractivity contribution is -0.173. The van der Waals surface area contributed by atoms with Crippen LogP contribution in [0.25, 0.3) is 0 Å². The highest BCUT2D eigenvalue weighted by molar-refractivity contribution is 5.92. The Morgan fingerprint density at radius 1 is 1.20 bits per heavy atom. The van der Waals surface area contributed by atoms with Gasteiger partial charge in [-0.2, -0.15) is 0 Å². The molecule has 4 aliphatic rings. The number of esters is 1. The quantitative estimate of drug-likeness (QED) is 0.577. The maximum absolute atomic E-state index is 13.2. The van der Waals surface area contributed by atoms with Gasteiger partial charge in [0.2, 0.25) is 0 Å². The SMILES string of the molecule is C[C@@H]1CC(=O)[C@]2(C)[C@@H](CC[C@@H]3O[C@@]32C)[C@]12C[C@@H](c1ccoc1)OC2=O. The first-order chi connectivity index (χ1) is 11.8. The number of carbonyl (C=O) groups is 2. The molecule has 2 saturated heterocycles. The number of hydrogen-bond donors (Lipinski definition) is 0. The summed E-state index contributed by atoms with van der Waals surface area (Å²) < 4.78 is 17.0. The number of hydrogen-bond acceptors (Lipinski definition) is 5. The number of cyclic esters (lactones) is 1. The molecule has 0 unspecified atom stereocenters. The van der Waals surface area contributed by atoms with Gasteiger partial charge in [-0.15, -0.1) is 0 Å². The Bertz CT molecular complexity index is 754. The average Bonchev–Trinajstić information content (AvgIpc) is 2.93. The highest BCUT2D eigenvalue weighted by Crippen LogP contribution is 2.71. The second-order valence-corrected chi connectivity index (χ2v) is 8.77. The summed E-state index contributed by atoms with van der Waals surface area (Å²) in [5.74, 6) is 0.0725. The van der Waals surface area contributed by atoms with Crippen LogP contribution in [0, 0.1) is 22.7 Å². The van der Waals surface area contributed by atoms with Crippen molar-refractivity contribution in [1.29, 1.82) is 0 Å². The van der Waals surface area contributed by atoms with Crippen molar-refractivity contribution < 1.29 is 23.5 Å². The van der Waals surface area contributed by atoms with Crippen molar-refractivity contribution >= 4 is 11.8 Å². The van der Waals surface area contributed by atoms with Gasteiger partial charge in [-0.25, -0.2) is 0 Å². The van der Waals surface area contributed by atoms with Crippen LogP contribution in [-0.2, 0) is 19.1 Å². The molecule has 3 heterocycles. The minimum absolute atomic E-state index is 0.0126. The Labute approximate surface area is 147 Å². The van der Waals surface area contributed by atoms with Gasteiger partial charge in [-0.3, -0.25) is 9.59 Å². The van der Waals surface area contributed by atoms with E-state index in [2.05, 4.69) is 6.92 Å². The van der Waals surface area contributed by atoms with E-state index in [1.807, 2.05) is 19.9 Å². The van der Waals surface area contributed by atoms with E-state index in [0.29, 0.717) is 12.8 Å². The molecule has 0 amide bonds. The van der Waals surface area contributed by atoms with Crippen LogP contribution in [0.15, 0.2) is 23.0 Å². The van der Waals surface area contributed by atoms with Crippen molar-refractivity contribution in [3.8, 4) is 0 Å². The smallest absolute Gasteiger partial charge is 0.313 e. The van der Waals surface area contributed by atoms with E-state index in [0.717, 1.165) is 18.4 Å². The Hall–Kier alpha value is -1.62. The van der Waals surface area contributed by atoms with E-state index in [4.69, 9.17) is 13.9 Å². The fraction of sp³-hybridized carbons (Fsp3) is 0.700. The molecule has 0 aromatic carbocycles. The zero-order chi connectivity index (χ0) is 17.6. The predicted octanol–water partition coefficient (Wildman–Crippen LogP) is 3.44. The maximum Gasteiger partial charge on any atom is 0.313 e. The topological polar surface area (TPSA) is 69.0 Å². The highest BCUT2D eigenvalue weighted by Gasteiger charge is 2.78. The van der Waals surface area contributed by atoms with Crippen LogP contribution >= 0.6 is 0 Å². The predicted molar refractivity (Wildman–Crippen MR) is 87.5 cm³/mol. The molecule has 4 fully saturated rings. The lowest BCUT2D eigenvalue weighted by Gasteiger charge is -2.55. The van der Waals surface area contributed by atoms with Crippen molar-refractivity contribution in [2.45, 2.75) is 64.3 Å². The molecule has 2 aliphatic heterocycles. The second-order valence-electron chi connectivity index (χ2n) is 8.77. The third-order valence-corrected chi connectivity index (χ3v) is 8.03. The third kappa shape index (κ3) is 1.64. The molecule has 25 heavy (non-hydrogen) atoms. The number of Topliss-reactive ketones (excluding diaryl/α,β-unsaturated/α-hetero) is 1. The van der Waals surface area contributed by atoms with Crippen molar-refractivity contribution in [2.75, 3.05) is 0 Å². The monoisotopic (exact) mass is 344 g/mol. The van der Waals surface area contributed by atoms with Crippen LogP contribution in [0.5, 0.6) is 0 Å². The molecule has 0 bridgehead atoms. The molecule has 134 valence electrons. The first-order valence-electron chi connectivity index (χ1n) is 9.28. The van der Waals surface area contributed by atoms with Crippen LogP contribution < -0.4 is 0 Å². The molecule has 2 aliphatic carbocycles. The van der Waals surface area contributed by atoms with E-state index in [1.165, 1.54) is 0 Å². The van der Waals surface area contributed by atoms with Crippen molar-refractivity contribution in [3.63, 3.8) is 0 Å². The van der Waals surface area contributed by atoms with Gasteiger partial charge < -0.3 is 13.9 Å². The minimum Gasteiger partial charge on any atom is -0.472 e. The van der Waals surface area contributed by atoms with Crippen LogP contribution in [0.3, 0.4) is 0 Å². The Morgan fingerprint density at radius 2 is 2.00 bits per heavy atom. The van der Waals surface area contributed by atoms with Gasteiger partial charge >= 0.3 is 5.97 Å². The summed E-state index contributed by atoms with van der Waals surface area (Å²) in [6.07, 6.45) is 5.95. The van der Waals surface area contributed by atoms with Gasteiger partial charge in [0.1, 0.15) is 17.5 Å². The first-order valence-corrected chi connectivity index (χ1v) is 9.28. The van der Waals surface area contributed by atoms with E-state index in [-0.39, 0.29) is 35.8 Å². The van der Waals surface area contributed by atoms with Gasteiger partial charge in [0.05, 0.1) is 29.5 Å². The summed E-state index contributed by atoms with van der Waals surface area (Å²) >= 11 is 0. The summed E-state index contributed by atoms with van der Waals surface area (Å²) in [6.45, 7) is 6.13. The lowest BCUT2D eigenvalue weighted by Crippen LogP contribution is -2.63. The van der Waals surface area contributed by atoms with Gasteiger partial charge in [0.15, 0.2) is 0 Å². The van der Waals surface area contributed by atoms with Crippen molar-refractivity contribution in [1.82, 2.24) is 0 Å². The molecular formula is C20H24O5. The fourth-order valence-electron chi connectivity index (χ4n) is 6.27. The van der Waals surface area contributed by atoms with Gasteiger partial charge in [0, 0.05) is 18.4 Å². The standard InChI is InChI=1S/C20H24O5/c1-11-8-15(21)18(2)14(4-5-16-19(18,3)25-16)20(11)9-13(24-17(20)22)12-6-7-23-10-12/h6-7,10-11,13-14,16H,4-5,8-9H2,1-3H3/t11-,13+,14-,16+,18+,19+,20+/m1/s1. The second kappa shape index (κ2) is 4.56. The van der Waals surface area contributed by atoms with E-state index >= 15 is 0 Å². The lowest BCUT2D eigenvalue weighted by atomic mass is 9.44. The molecular weight excluding hydrogens is 320 g/mol. The number of furan rings is 1. The van der Waals surface area contributed by atoms with E-state index < -0.39 is 16.4 Å². The number of fused-ring (bicyclic) bond motifs is 4. The summed E-state index contributed by atoms with van der Waals surface area (Å²) in [6, 6.07) is 1.86. The van der Waals surface area contributed by atoms with E-state index in [1.54, 1.807) is 12.5 Å². The van der Waals surface area contributed by atoms with Crippen LogP contribution in [-0.4, -0.2) is 23.5 Å². The Kier molecular flexibility index (Phi) is 2.85. The molecule has 5 heteroatoms. The highest BCUT2D eigenvalue weighted by atomic mass is 16.6. The normalized spacial score (nSPS) is 51.2. The third-order valence-electron chi connectivity index (χ3n) is 8.03. The van der Waals surface area contributed by atoms with Gasteiger partial charge in [0.25, 0.3) is 0 Å². The molecule has 1 aromatic rings. The molecule has 7 atom stereocenters. The summed E-state index contributed by atoms with van der Waals surface area (Å²) in [5.41, 5.74) is -0.732. The summed E-state index contributed by atoms with van der Waals surface area (Å²) in [7, 11) is 0. The number of ether oxygens (including phenoxy) is 2. The van der Waals surface area contributed by atoms with Crippen LogP contribution in [0.4, 0.5) is 0 Å². The van der Waals surface area contributed by atoms with Crippen LogP contribution in [0.1, 0.15) is 58.1 Å². The van der Waals surface area contributed by atoms with Gasteiger partial charge in [-0.05, 0) is 44.6 Å². The molecule has 5 nitrogen and oxygen atoms in total. The van der Waals surface area contributed by atoms with E-state index in [9.17, 15) is 9.59 Å². The molecule has 1 aromatic heterocycles. The molecule has 0 radical (unpaired) electrons. The van der Waals surface area contributed by atoms with Crippen LogP contribution in [0.2, 0.25) is 0 Å². The number of epoxide rings is 1. The average molecular weight is 344 g/mol. The van der Waals surface area contributed by atoms with Crippen molar-refractivity contribution in [3.05, 3.63) is 24.2 Å².